The van der Waals surface area contributed by atoms with Crippen molar-refractivity contribution in [3.8, 4) is 5.75 Å². The van der Waals surface area contributed by atoms with E-state index in [0.29, 0.717) is 30.9 Å². The Balaban J connectivity index is 2.66. The van der Waals surface area contributed by atoms with Crippen molar-refractivity contribution in [2.24, 2.45) is 0 Å². The molecule has 0 aliphatic carbocycles. The van der Waals surface area contributed by atoms with Crippen LogP contribution in [0.15, 0.2) is 24.3 Å². The smallest absolute Gasteiger partial charge is 0.119 e. The quantitative estimate of drug-likeness (QED) is 0.666. The van der Waals surface area contributed by atoms with E-state index in [-0.39, 0.29) is 0 Å². The Labute approximate surface area is 102 Å². The third-order valence-electron chi connectivity index (χ3n) is 2.57. The molecule has 0 aliphatic heterocycles. The van der Waals surface area contributed by atoms with Gasteiger partial charge in [0.1, 0.15) is 11.9 Å². The van der Waals surface area contributed by atoms with Crippen LogP contribution in [0, 0.1) is 0 Å². The summed E-state index contributed by atoms with van der Waals surface area (Å²) in [5, 5.41) is 22.7. The fourth-order valence-corrected chi connectivity index (χ4v) is 1.63. The van der Waals surface area contributed by atoms with E-state index in [1.165, 1.54) is 0 Å². The molecule has 3 N–H and O–H groups in total. The van der Waals surface area contributed by atoms with Crippen LogP contribution >= 0.6 is 0 Å². The highest BCUT2D eigenvalue weighted by Crippen LogP contribution is 2.22. The lowest BCUT2D eigenvalue weighted by Gasteiger charge is -2.18. The van der Waals surface area contributed by atoms with E-state index in [0.717, 1.165) is 0 Å². The van der Waals surface area contributed by atoms with E-state index in [1.54, 1.807) is 12.1 Å². The van der Waals surface area contributed by atoms with Gasteiger partial charge in [-0.15, -0.1) is 0 Å². The third-order valence-corrected chi connectivity index (χ3v) is 2.57. The van der Waals surface area contributed by atoms with Gasteiger partial charge in [-0.25, -0.2) is 0 Å². The SMILES string of the molecule is CCOc1cccc(C(O)C(O)CCNC)c1. The predicted octanol–water partition coefficient (Wildman–Crippen LogP) is 1.09. The van der Waals surface area contributed by atoms with E-state index >= 15 is 0 Å². The summed E-state index contributed by atoms with van der Waals surface area (Å²) in [5.41, 5.74) is 0.680. The second-order valence-corrected chi connectivity index (χ2v) is 3.91. The first-order valence-corrected chi connectivity index (χ1v) is 5.92. The van der Waals surface area contributed by atoms with E-state index in [9.17, 15) is 10.2 Å². The van der Waals surface area contributed by atoms with E-state index in [2.05, 4.69) is 5.32 Å². The summed E-state index contributed by atoms with van der Waals surface area (Å²) in [6, 6.07) is 7.20. The molecule has 0 amide bonds. The minimum absolute atomic E-state index is 0.510. The normalized spacial score (nSPS) is 14.4. The van der Waals surface area contributed by atoms with Crippen molar-refractivity contribution in [3.05, 3.63) is 29.8 Å². The highest BCUT2D eigenvalue weighted by Gasteiger charge is 2.18. The zero-order chi connectivity index (χ0) is 12.7. The Morgan fingerprint density at radius 1 is 1.35 bits per heavy atom. The van der Waals surface area contributed by atoms with Crippen molar-refractivity contribution >= 4 is 0 Å². The predicted molar refractivity (Wildman–Crippen MR) is 67.1 cm³/mol. The minimum Gasteiger partial charge on any atom is -0.494 e. The molecule has 0 saturated heterocycles. The molecule has 0 spiro atoms. The van der Waals surface area contributed by atoms with Crippen LogP contribution in [-0.2, 0) is 0 Å². The highest BCUT2D eigenvalue weighted by atomic mass is 16.5. The van der Waals surface area contributed by atoms with Crippen molar-refractivity contribution in [1.29, 1.82) is 0 Å². The molecule has 0 radical (unpaired) electrons. The first-order valence-electron chi connectivity index (χ1n) is 5.92. The maximum atomic E-state index is 9.97. The monoisotopic (exact) mass is 239 g/mol. The molecule has 1 aromatic rings. The number of aliphatic hydroxyl groups is 2. The Morgan fingerprint density at radius 2 is 2.12 bits per heavy atom. The standard InChI is InChI=1S/C13H21NO3/c1-3-17-11-6-4-5-10(9-11)13(16)12(15)7-8-14-2/h4-6,9,12-16H,3,7-8H2,1-2H3. The lowest BCUT2D eigenvalue weighted by molar-refractivity contribution is 0.0139. The number of hydrogen-bond donors (Lipinski definition) is 3. The van der Waals surface area contributed by atoms with Crippen LogP contribution in [0.5, 0.6) is 5.75 Å². The van der Waals surface area contributed by atoms with Crippen LogP contribution in [0.3, 0.4) is 0 Å². The van der Waals surface area contributed by atoms with Crippen molar-refractivity contribution in [3.63, 3.8) is 0 Å². The van der Waals surface area contributed by atoms with Crippen LogP contribution < -0.4 is 10.1 Å². The molecular formula is C13H21NO3. The van der Waals surface area contributed by atoms with Crippen LogP contribution in [0.2, 0.25) is 0 Å². The number of benzene rings is 1. The molecular weight excluding hydrogens is 218 g/mol. The number of nitrogens with one attached hydrogen (secondary N) is 1. The summed E-state index contributed by atoms with van der Waals surface area (Å²) in [6.45, 7) is 3.16. The fourth-order valence-electron chi connectivity index (χ4n) is 1.63. The summed E-state index contributed by atoms with van der Waals surface area (Å²) in [4.78, 5) is 0. The van der Waals surface area contributed by atoms with Crippen molar-refractivity contribution in [2.75, 3.05) is 20.2 Å². The summed E-state index contributed by atoms with van der Waals surface area (Å²) >= 11 is 0. The lowest BCUT2D eigenvalue weighted by Crippen LogP contribution is -2.23. The number of rotatable bonds is 7. The van der Waals surface area contributed by atoms with Gasteiger partial charge in [0.2, 0.25) is 0 Å². The van der Waals surface area contributed by atoms with Gasteiger partial charge in [-0.05, 0) is 44.6 Å². The summed E-state index contributed by atoms with van der Waals surface area (Å²) in [6.07, 6.45) is -1.13. The Kier molecular flexibility index (Phi) is 5.97. The molecule has 0 heterocycles. The zero-order valence-electron chi connectivity index (χ0n) is 10.4. The Morgan fingerprint density at radius 3 is 2.76 bits per heavy atom. The van der Waals surface area contributed by atoms with E-state index in [1.807, 2.05) is 26.1 Å². The molecule has 1 rings (SSSR count). The third kappa shape index (κ3) is 4.34. The molecule has 4 nitrogen and oxygen atoms in total. The number of ether oxygens (including phenoxy) is 1. The van der Waals surface area contributed by atoms with Gasteiger partial charge in [0.15, 0.2) is 0 Å². The van der Waals surface area contributed by atoms with E-state index in [4.69, 9.17) is 4.74 Å². The van der Waals surface area contributed by atoms with Crippen LogP contribution in [-0.4, -0.2) is 36.5 Å². The van der Waals surface area contributed by atoms with Gasteiger partial charge in [-0.2, -0.15) is 0 Å². The molecule has 2 atom stereocenters. The highest BCUT2D eigenvalue weighted by molar-refractivity contribution is 5.30. The molecule has 0 saturated carbocycles. The van der Waals surface area contributed by atoms with Gasteiger partial charge in [0, 0.05) is 0 Å². The maximum absolute atomic E-state index is 9.97. The van der Waals surface area contributed by atoms with Crippen molar-refractivity contribution in [1.82, 2.24) is 5.32 Å². The molecule has 4 heteroatoms. The molecule has 96 valence electrons. The van der Waals surface area contributed by atoms with Crippen molar-refractivity contribution in [2.45, 2.75) is 25.6 Å². The topological polar surface area (TPSA) is 61.7 Å². The van der Waals surface area contributed by atoms with Gasteiger partial charge < -0.3 is 20.3 Å². The second-order valence-electron chi connectivity index (χ2n) is 3.91. The van der Waals surface area contributed by atoms with Gasteiger partial charge >= 0.3 is 0 Å². The minimum atomic E-state index is -0.872. The van der Waals surface area contributed by atoms with Gasteiger partial charge in [0.25, 0.3) is 0 Å². The maximum Gasteiger partial charge on any atom is 0.119 e. The summed E-state index contributed by atoms with van der Waals surface area (Å²) in [5.74, 6) is 0.713. The first-order chi connectivity index (χ1) is 8.19. The average molecular weight is 239 g/mol. The zero-order valence-corrected chi connectivity index (χ0v) is 10.4. The molecule has 0 fully saturated rings. The first kappa shape index (κ1) is 14.0. The summed E-state index contributed by atoms with van der Waals surface area (Å²) < 4.78 is 5.35. The lowest BCUT2D eigenvalue weighted by atomic mass is 10.0. The van der Waals surface area contributed by atoms with Gasteiger partial charge in [-0.3, -0.25) is 0 Å². The van der Waals surface area contributed by atoms with Crippen LogP contribution in [0.4, 0.5) is 0 Å². The van der Waals surface area contributed by atoms with E-state index < -0.39 is 12.2 Å². The largest absolute Gasteiger partial charge is 0.494 e. The number of hydrogen-bond acceptors (Lipinski definition) is 4. The fraction of sp³-hybridized carbons (Fsp3) is 0.538. The average Bonchev–Trinajstić information content (AvgIpc) is 2.35. The Hall–Kier alpha value is -1.10. The molecule has 0 aromatic heterocycles. The molecule has 1 aromatic carbocycles. The van der Waals surface area contributed by atoms with Gasteiger partial charge in [0.05, 0.1) is 12.7 Å². The number of aliphatic hydroxyl groups excluding tert-OH is 2. The van der Waals surface area contributed by atoms with Crippen LogP contribution in [0.1, 0.15) is 25.0 Å². The van der Waals surface area contributed by atoms with Crippen LogP contribution in [0.25, 0.3) is 0 Å². The second kappa shape index (κ2) is 7.27. The summed E-state index contributed by atoms with van der Waals surface area (Å²) in [7, 11) is 1.81. The molecule has 0 bridgehead atoms. The van der Waals surface area contributed by atoms with Crippen molar-refractivity contribution < 1.29 is 14.9 Å². The molecule has 17 heavy (non-hydrogen) atoms. The van der Waals surface area contributed by atoms with Gasteiger partial charge in [-0.1, -0.05) is 12.1 Å². The molecule has 0 aliphatic rings. The Bertz CT molecular complexity index is 330. The molecule has 2 unspecified atom stereocenters.